The van der Waals surface area contributed by atoms with Gasteiger partial charge in [-0.25, -0.2) is 4.79 Å². The van der Waals surface area contributed by atoms with Crippen LogP contribution in [0.4, 0.5) is 0 Å². The van der Waals surface area contributed by atoms with Crippen LogP contribution in [0.15, 0.2) is 12.1 Å². The highest BCUT2D eigenvalue weighted by Crippen LogP contribution is 2.35. The lowest BCUT2D eigenvalue weighted by Crippen LogP contribution is -2.32. The minimum atomic E-state index is -0.718. The molecule has 0 aromatic heterocycles. The monoisotopic (exact) mass is 298 g/mol. The van der Waals surface area contributed by atoms with E-state index < -0.39 is 12.3 Å². The molecule has 1 aromatic rings. The number of carbonyl (C=O) groups is 1. The molecule has 2 rings (SSSR count). The van der Waals surface area contributed by atoms with Crippen molar-refractivity contribution in [1.29, 1.82) is 0 Å². The van der Waals surface area contributed by atoms with E-state index in [-0.39, 0.29) is 12.2 Å². The molecule has 0 amide bonds. The summed E-state index contributed by atoms with van der Waals surface area (Å²) in [6, 6.07) is 3.07. The summed E-state index contributed by atoms with van der Waals surface area (Å²) in [5, 5.41) is 0. The summed E-state index contributed by atoms with van der Waals surface area (Å²) in [7, 11) is 4.44. The van der Waals surface area contributed by atoms with Gasteiger partial charge in [-0.1, -0.05) is 0 Å². The Morgan fingerprint density at radius 2 is 1.71 bits per heavy atom. The smallest absolute Gasteiger partial charge is 0.344 e. The third-order valence-electron chi connectivity index (χ3n) is 2.95. The van der Waals surface area contributed by atoms with E-state index >= 15 is 0 Å². The number of carbonyl (C=O) groups excluding carboxylic acids is 1. The Balaban J connectivity index is 2.21. The number of benzene rings is 1. The van der Waals surface area contributed by atoms with Crippen molar-refractivity contribution in [2.24, 2.45) is 0 Å². The molecule has 21 heavy (non-hydrogen) atoms. The zero-order chi connectivity index (χ0) is 15.2. The van der Waals surface area contributed by atoms with Crippen molar-refractivity contribution in [3.05, 3.63) is 17.7 Å². The lowest BCUT2D eigenvalue weighted by Gasteiger charge is -2.23. The molecule has 1 aliphatic rings. The van der Waals surface area contributed by atoms with Crippen LogP contribution in [0.1, 0.15) is 10.4 Å². The molecule has 0 N–H and O–H groups in total. The van der Waals surface area contributed by atoms with Crippen molar-refractivity contribution in [2.45, 2.75) is 6.29 Å². The fraction of sp³-hybridized carbons (Fsp3) is 0.500. The zero-order valence-corrected chi connectivity index (χ0v) is 12.2. The summed E-state index contributed by atoms with van der Waals surface area (Å²) in [6.45, 7) is 1.09. The van der Waals surface area contributed by atoms with Gasteiger partial charge in [-0.3, -0.25) is 0 Å². The van der Waals surface area contributed by atoms with E-state index in [0.29, 0.717) is 30.5 Å². The first-order valence-electron chi connectivity index (χ1n) is 6.40. The van der Waals surface area contributed by atoms with Crippen molar-refractivity contribution in [3.8, 4) is 17.2 Å². The Morgan fingerprint density at radius 3 is 2.29 bits per heavy atom. The summed E-state index contributed by atoms with van der Waals surface area (Å²) >= 11 is 0. The molecule has 1 unspecified atom stereocenters. The Bertz CT molecular complexity index is 494. The third kappa shape index (κ3) is 3.56. The quantitative estimate of drug-likeness (QED) is 0.757. The normalized spacial score (nSPS) is 18.0. The minimum Gasteiger partial charge on any atom is -0.496 e. The third-order valence-corrected chi connectivity index (χ3v) is 2.95. The van der Waals surface area contributed by atoms with Crippen LogP contribution in [0.5, 0.6) is 17.2 Å². The van der Waals surface area contributed by atoms with E-state index in [0.717, 1.165) is 0 Å². The number of hydrogen-bond acceptors (Lipinski definition) is 7. The molecule has 1 atom stereocenters. The van der Waals surface area contributed by atoms with Gasteiger partial charge >= 0.3 is 5.97 Å². The van der Waals surface area contributed by atoms with Crippen molar-refractivity contribution >= 4 is 5.97 Å². The van der Waals surface area contributed by atoms with E-state index in [2.05, 4.69) is 0 Å². The van der Waals surface area contributed by atoms with Gasteiger partial charge in [0.2, 0.25) is 6.29 Å². The van der Waals surface area contributed by atoms with Crippen LogP contribution < -0.4 is 14.2 Å². The molecule has 1 saturated heterocycles. The predicted octanol–water partition coefficient (Wildman–Crippen LogP) is 1.24. The lowest BCUT2D eigenvalue weighted by molar-refractivity contribution is -0.186. The molecule has 0 radical (unpaired) electrons. The van der Waals surface area contributed by atoms with Gasteiger partial charge in [0.25, 0.3) is 0 Å². The topological polar surface area (TPSA) is 72.5 Å². The Morgan fingerprint density at radius 1 is 1.05 bits per heavy atom. The van der Waals surface area contributed by atoms with Crippen LogP contribution in [0.3, 0.4) is 0 Å². The second-order valence-electron chi connectivity index (χ2n) is 4.19. The van der Waals surface area contributed by atoms with Crippen LogP contribution >= 0.6 is 0 Å². The van der Waals surface area contributed by atoms with Crippen LogP contribution in [0, 0.1) is 0 Å². The Hall–Kier alpha value is -1.99. The molecule has 0 bridgehead atoms. The van der Waals surface area contributed by atoms with Crippen LogP contribution in [-0.2, 0) is 14.2 Å². The zero-order valence-electron chi connectivity index (χ0n) is 12.2. The molecule has 1 aliphatic heterocycles. The fourth-order valence-corrected chi connectivity index (χ4v) is 1.91. The van der Waals surface area contributed by atoms with Crippen molar-refractivity contribution < 1.29 is 33.2 Å². The average molecular weight is 298 g/mol. The van der Waals surface area contributed by atoms with E-state index in [9.17, 15) is 4.79 Å². The molecule has 1 aromatic carbocycles. The SMILES string of the molecule is COc1cc(OC)c(C(=O)OC2COCCO2)cc1OC. The molecule has 0 spiro atoms. The Kier molecular flexibility index (Phi) is 5.24. The van der Waals surface area contributed by atoms with Gasteiger partial charge in [-0.15, -0.1) is 0 Å². The summed E-state index contributed by atoms with van der Waals surface area (Å²) in [4.78, 5) is 12.2. The standard InChI is InChI=1S/C14H18O7/c1-16-10-7-12(18-3)11(17-2)6-9(10)14(15)21-13-8-19-4-5-20-13/h6-7,13H,4-5,8H2,1-3H3. The lowest BCUT2D eigenvalue weighted by atomic mass is 10.1. The van der Waals surface area contributed by atoms with Gasteiger partial charge in [0.1, 0.15) is 17.9 Å². The molecule has 0 saturated carbocycles. The van der Waals surface area contributed by atoms with Crippen molar-refractivity contribution in [3.63, 3.8) is 0 Å². The first kappa shape index (κ1) is 15.4. The van der Waals surface area contributed by atoms with Gasteiger partial charge in [-0.05, 0) is 0 Å². The number of hydrogen-bond donors (Lipinski definition) is 0. The number of rotatable bonds is 5. The number of methoxy groups -OCH3 is 3. The molecular weight excluding hydrogens is 280 g/mol. The van der Waals surface area contributed by atoms with E-state index in [4.69, 9.17) is 28.4 Å². The Labute approximate surface area is 122 Å². The second kappa shape index (κ2) is 7.14. The average Bonchev–Trinajstić information content (AvgIpc) is 2.54. The van der Waals surface area contributed by atoms with Crippen LogP contribution in [0.2, 0.25) is 0 Å². The van der Waals surface area contributed by atoms with Gasteiger partial charge in [-0.2, -0.15) is 0 Å². The summed E-state index contributed by atoms with van der Waals surface area (Å²) in [6.07, 6.45) is -0.718. The van der Waals surface area contributed by atoms with Crippen LogP contribution in [0.25, 0.3) is 0 Å². The predicted molar refractivity (Wildman–Crippen MR) is 72.1 cm³/mol. The molecular formula is C14H18O7. The first-order chi connectivity index (χ1) is 10.2. The van der Waals surface area contributed by atoms with Crippen LogP contribution in [-0.4, -0.2) is 53.4 Å². The summed E-state index contributed by atoms with van der Waals surface area (Å²) in [5.41, 5.74) is 0.226. The summed E-state index contributed by atoms with van der Waals surface area (Å²) in [5.74, 6) is 0.617. The highest BCUT2D eigenvalue weighted by atomic mass is 16.7. The van der Waals surface area contributed by atoms with Gasteiger partial charge < -0.3 is 28.4 Å². The molecule has 0 aliphatic carbocycles. The van der Waals surface area contributed by atoms with Gasteiger partial charge in [0, 0.05) is 12.1 Å². The maximum atomic E-state index is 12.2. The maximum Gasteiger partial charge on any atom is 0.344 e. The van der Waals surface area contributed by atoms with Crippen molar-refractivity contribution in [1.82, 2.24) is 0 Å². The van der Waals surface area contributed by atoms with Crippen molar-refractivity contribution in [2.75, 3.05) is 41.2 Å². The van der Waals surface area contributed by atoms with Gasteiger partial charge in [0.15, 0.2) is 11.5 Å². The largest absolute Gasteiger partial charge is 0.496 e. The molecule has 7 heteroatoms. The molecule has 1 heterocycles. The van der Waals surface area contributed by atoms with E-state index in [1.807, 2.05) is 0 Å². The summed E-state index contributed by atoms with van der Waals surface area (Å²) < 4.78 is 31.2. The molecule has 116 valence electrons. The molecule has 7 nitrogen and oxygen atoms in total. The number of ether oxygens (including phenoxy) is 6. The molecule has 1 fully saturated rings. The maximum absolute atomic E-state index is 12.2. The first-order valence-corrected chi connectivity index (χ1v) is 6.40. The van der Waals surface area contributed by atoms with E-state index in [1.54, 1.807) is 6.07 Å². The second-order valence-corrected chi connectivity index (χ2v) is 4.19. The highest BCUT2D eigenvalue weighted by Gasteiger charge is 2.24. The number of esters is 1. The highest BCUT2D eigenvalue weighted by molar-refractivity contribution is 5.93. The van der Waals surface area contributed by atoms with Gasteiger partial charge in [0.05, 0.1) is 34.5 Å². The minimum absolute atomic E-state index is 0.210. The fourth-order valence-electron chi connectivity index (χ4n) is 1.91. The van der Waals surface area contributed by atoms with E-state index in [1.165, 1.54) is 27.4 Å².